The van der Waals surface area contributed by atoms with Crippen LogP contribution in [-0.2, 0) is 11.3 Å². The molecule has 0 bridgehead atoms. The van der Waals surface area contributed by atoms with E-state index in [4.69, 9.17) is 5.73 Å². The number of thiophene rings is 1. The molecule has 0 aromatic carbocycles. The molecule has 2 unspecified atom stereocenters. The Labute approximate surface area is 126 Å². The van der Waals surface area contributed by atoms with Crippen LogP contribution in [-0.4, -0.2) is 22.4 Å². The standard InChI is InChI=1S/C16H26N2OS/c1-12(2)18(11-14-7-5-9-20-14)15(19)16(17)8-4-6-13(3)10-16/h5,7,9,12-13H,4,6,8,10-11,17H2,1-3H3. The summed E-state index contributed by atoms with van der Waals surface area (Å²) in [7, 11) is 0. The monoisotopic (exact) mass is 294 g/mol. The van der Waals surface area contributed by atoms with Gasteiger partial charge in [-0.15, -0.1) is 11.3 Å². The third-order valence-electron chi connectivity index (χ3n) is 4.25. The minimum atomic E-state index is -0.654. The van der Waals surface area contributed by atoms with Crippen LogP contribution in [0.15, 0.2) is 17.5 Å². The van der Waals surface area contributed by atoms with E-state index in [2.05, 4.69) is 32.2 Å². The van der Waals surface area contributed by atoms with Gasteiger partial charge >= 0.3 is 0 Å². The zero-order valence-electron chi connectivity index (χ0n) is 12.8. The first-order valence-electron chi connectivity index (χ1n) is 7.55. The van der Waals surface area contributed by atoms with Gasteiger partial charge in [0.2, 0.25) is 5.91 Å². The maximum Gasteiger partial charge on any atom is 0.243 e. The van der Waals surface area contributed by atoms with Crippen LogP contribution >= 0.6 is 11.3 Å². The highest BCUT2D eigenvalue weighted by atomic mass is 32.1. The quantitative estimate of drug-likeness (QED) is 0.925. The Kier molecular flexibility index (Phi) is 4.86. The van der Waals surface area contributed by atoms with Gasteiger partial charge in [0.1, 0.15) is 0 Å². The van der Waals surface area contributed by atoms with E-state index in [0.717, 1.165) is 19.3 Å². The van der Waals surface area contributed by atoms with Gasteiger partial charge in [-0.2, -0.15) is 0 Å². The summed E-state index contributed by atoms with van der Waals surface area (Å²) in [6.45, 7) is 7.02. The highest BCUT2D eigenvalue weighted by Crippen LogP contribution is 2.32. The second-order valence-corrected chi connectivity index (χ2v) is 7.50. The molecule has 1 heterocycles. The van der Waals surface area contributed by atoms with Gasteiger partial charge in [-0.1, -0.05) is 25.8 Å². The predicted octanol–water partition coefficient (Wildman–Crippen LogP) is 3.39. The van der Waals surface area contributed by atoms with Gasteiger partial charge in [-0.05, 0) is 44.1 Å². The zero-order chi connectivity index (χ0) is 14.8. The summed E-state index contributed by atoms with van der Waals surface area (Å²) >= 11 is 1.70. The van der Waals surface area contributed by atoms with E-state index >= 15 is 0 Å². The van der Waals surface area contributed by atoms with Crippen LogP contribution < -0.4 is 5.73 Å². The van der Waals surface area contributed by atoms with E-state index in [9.17, 15) is 4.79 Å². The molecule has 20 heavy (non-hydrogen) atoms. The Hall–Kier alpha value is -0.870. The molecule has 1 aromatic heterocycles. The molecule has 1 fully saturated rings. The lowest BCUT2D eigenvalue weighted by molar-refractivity contribution is -0.141. The van der Waals surface area contributed by atoms with Crippen molar-refractivity contribution in [2.45, 2.75) is 64.6 Å². The third-order valence-corrected chi connectivity index (χ3v) is 5.11. The third kappa shape index (κ3) is 3.41. The number of nitrogens with two attached hydrogens (primary N) is 1. The first kappa shape index (κ1) is 15.5. The Balaban J connectivity index is 2.14. The molecule has 2 rings (SSSR count). The van der Waals surface area contributed by atoms with Crippen LogP contribution in [0.4, 0.5) is 0 Å². The minimum Gasteiger partial charge on any atom is -0.334 e. The largest absolute Gasteiger partial charge is 0.334 e. The summed E-state index contributed by atoms with van der Waals surface area (Å²) < 4.78 is 0. The average molecular weight is 294 g/mol. The summed E-state index contributed by atoms with van der Waals surface area (Å²) in [6, 6.07) is 4.30. The molecule has 0 radical (unpaired) electrons. The summed E-state index contributed by atoms with van der Waals surface area (Å²) in [6.07, 6.45) is 3.90. The van der Waals surface area contributed by atoms with E-state index in [0.29, 0.717) is 12.5 Å². The van der Waals surface area contributed by atoms with Gasteiger partial charge in [0.05, 0.1) is 12.1 Å². The Morgan fingerprint density at radius 1 is 1.60 bits per heavy atom. The SMILES string of the molecule is CC1CCCC(N)(C(=O)N(Cc2cccs2)C(C)C)C1. The number of carbonyl (C=O) groups excluding carboxylic acids is 1. The molecular formula is C16H26N2OS. The Morgan fingerprint density at radius 2 is 2.35 bits per heavy atom. The number of hydrogen-bond donors (Lipinski definition) is 1. The van der Waals surface area contributed by atoms with E-state index in [1.165, 1.54) is 11.3 Å². The predicted molar refractivity (Wildman–Crippen MR) is 84.6 cm³/mol. The normalized spacial score (nSPS) is 26.8. The molecule has 112 valence electrons. The van der Waals surface area contributed by atoms with Gasteiger partial charge in [0.15, 0.2) is 0 Å². The summed E-state index contributed by atoms with van der Waals surface area (Å²) in [5, 5.41) is 2.05. The molecule has 0 aliphatic heterocycles. The van der Waals surface area contributed by atoms with Gasteiger partial charge in [0, 0.05) is 10.9 Å². The highest BCUT2D eigenvalue weighted by molar-refractivity contribution is 7.09. The van der Waals surface area contributed by atoms with Crippen LogP contribution in [0.3, 0.4) is 0 Å². The lowest BCUT2D eigenvalue weighted by Crippen LogP contribution is -2.58. The van der Waals surface area contributed by atoms with Crippen LogP contribution in [0.25, 0.3) is 0 Å². The molecule has 2 N–H and O–H groups in total. The van der Waals surface area contributed by atoms with Crippen LogP contribution in [0.5, 0.6) is 0 Å². The summed E-state index contributed by atoms with van der Waals surface area (Å²) in [5.41, 5.74) is 5.82. The molecule has 0 spiro atoms. The van der Waals surface area contributed by atoms with Crippen LogP contribution in [0.1, 0.15) is 51.3 Å². The summed E-state index contributed by atoms with van der Waals surface area (Å²) in [5.74, 6) is 0.681. The van der Waals surface area contributed by atoms with Crippen molar-refractivity contribution in [1.29, 1.82) is 0 Å². The van der Waals surface area contributed by atoms with Crippen molar-refractivity contribution < 1.29 is 4.79 Å². The first-order valence-corrected chi connectivity index (χ1v) is 8.42. The smallest absolute Gasteiger partial charge is 0.243 e. The van der Waals surface area contributed by atoms with Crippen molar-refractivity contribution in [1.82, 2.24) is 4.90 Å². The van der Waals surface area contributed by atoms with Crippen molar-refractivity contribution in [2.24, 2.45) is 11.7 Å². The maximum atomic E-state index is 12.9. The molecule has 2 atom stereocenters. The molecule has 1 aromatic rings. The van der Waals surface area contributed by atoms with Crippen molar-refractivity contribution in [3.05, 3.63) is 22.4 Å². The zero-order valence-corrected chi connectivity index (χ0v) is 13.6. The van der Waals surface area contributed by atoms with Gasteiger partial charge < -0.3 is 10.6 Å². The fourth-order valence-corrected chi connectivity index (χ4v) is 3.83. The van der Waals surface area contributed by atoms with Gasteiger partial charge in [-0.25, -0.2) is 0 Å². The maximum absolute atomic E-state index is 12.9. The number of amides is 1. The molecule has 0 saturated heterocycles. The number of nitrogens with zero attached hydrogens (tertiary/aromatic N) is 1. The molecule has 4 heteroatoms. The summed E-state index contributed by atoms with van der Waals surface area (Å²) in [4.78, 5) is 16.1. The lowest BCUT2D eigenvalue weighted by atomic mass is 9.76. The fourth-order valence-electron chi connectivity index (χ4n) is 3.13. The number of rotatable bonds is 4. The van der Waals surface area contributed by atoms with E-state index < -0.39 is 5.54 Å². The second kappa shape index (κ2) is 6.27. The number of hydrogen-bond acceptors (Lipinski definition) is 3. The Bertz CT molecular complexity index is 443. The molecule has 1 aliphatic rings. The van der Waals surface area contributed by atoms with Crippen molar-refractivity contribution in [3.63, 3.8) is 0 Å². The van der Waals surface area contributed by atoms with Gasteiger partial charge in [-0.3, -0.25) is 4.79 Å². The first-order chi connectivity index (χ1) is 9.42. The highest BCUT2D eigenvalue weighted by Gasteiger charge is 2.41. The average Bonchev–Trinajstić information content (AvgIpc) is 2.87. The fraction of sp³-hybridized carbons (Fsp3) is 0.688. The molecule has 3 nitrogen and oxygen atoms in total. The van der Waals surface area contributed by atoms with E-state index in [1.807, 2.05) is 11.0 Å². The second-order valence-electron chi connectivity index (χ2n) is 6.46. The molecule has 1 saturated carbocycles. The van der Waals surface area contributed by atoms with Crippen LogP contribution in [0.2, 0.25) is 0 Å². The van der Waals surface area contributed by atoms with E-state index in [1.54, 1.807) is 11.3 Å². The van der Waals surface area contributed by atoms with Gasteiger partial charge in [0.25, 0.3) is 0 Å². The Morgan fingerprint density at radius 3 is 2.90 bits per heavy atom. The van der Waals surface area contributed by atoms with Crippen LogP contribution in [0, 0.1) is 5.92 Å². The minimum absolute atomic E-state index is 0.132. The van der Waals surface area contributed by atoms with E-state index in [-0.39, 0.29) is 11.9 Å². The number of carbonyl (C=O) groups is 1. The molecular weight excluding hydrogens is 268 g/mol. The molecule has 1 amide bonds. The molecule has 1 aliphatic carbocycles. The van der Waals surface area contributed by atoms with Crippen molar-refractivity contribution >= 4 is 17.2 Å². The van der Waals surface area contributed by atoms with Crippen molar-refractivity contribution in [2.75, 3.05) is 0 Å². The van der Waals surface area contributed by atoms with Crippen molar-refractivity contribution in [3.8, 4) is 0 Å². The lowest BCUT2D eigenvalue weighted by Gasteiger charge is -2.40. The topological polar surface area (TPSA) is 46.3 Å².